The highest BCUT2D eigenvalue weighted by Gasteiger charge is 2.41. The van der Waals surface area contributed by atoms with Crippen molar-refractivity contribution >= 4 is 5.78 Å². The number of fused-ring (bicyclic) bond motifs is 2. The van der Waals surface area contributed by atoms with Crippen LogP contribution in [0.15, 0.2) is 23.3 Å². The van der Waals surface area contributed by atoms with E-state index in [1.54, 1.807) is 0 Å². The monoisotopic (exact) mass is 216 g/mol. The van der Waals surface area contributed by atoms with Crippen LogP contribution in [0, 0.1) is 17.8 Å². The summed E-state index contributed by atoms with van der Waals surface area (Å²) in [6.07, 6.45) is 11.9. The van der Waals surface area contributed by atoms with Gasteiger partial charge >= 0.3 is 0 Å². The molecule has 0 heterocycles. The standard InChI is InChI=1S/C15H20O/c1-10-6-7-12-9-11-4-2-3-5-13(11)15(16)14(12)8-10/h6,8,11-13H,2-5,7,9H2,1H3. The number of hydrogen-bond acceptors (Lipinski definition) is 1. The summed E-state index contributed by atoms with van der Waals surface area (Å²) in [5.74, 6) is 2.13. The number of carbonyl (C=O) groups excluding carboxylic acids is 1. The number of carbonyl (C=O) groups is 1. The van der Waals surface area contributed by atoms with Gasteiger partial charge in [-0.1, -0.05) is 30.6 Å². The van der Waals surface area contributed by atoms with Crippen LogP contribution in [0.4, 0.5) is 0 Å². The number of ketones is 1. The van der Waals surface area contributed by atoms with Crippen molar-refractivity contribution in [2.45, 2.75) is 45.4 Å². The van der Waals surface area contributed by atoms with E-state index in [0.29, 0.717) is 23.5 Å². The van der Waals surface area contributed by atoms with Crippen LogP contribution in [0.25, 0.3) is 0 Å². The summed E-state index contributed by atoms with van der Waals surface area (Å²) < 4.78 is 0. The van der Waals surface area contributed by atoms with Crippen LogP contribution >= 0.6 is 0 Å². The van der Waals surface area contributed by atoms with Gasteiger partial charge < -0.3 is 0 Å². The molecule has 0 aliphatic heterocycles. The average Bonchev–Trinajstić information content (AvgIpc) is 2.31. The molecular weight excluding hydrogens is 196 g/mol. The third-order valence-corrected chi connectivity index (χ3v) is 4.66. The smallest absolute Gasteiger partial charge is 0.162 e. The van der Waals surface area contributed by atoms with E-state index >= 15 is 0 Å². The lowest BCUT2D eigenvalue weighted by atomic mass is 9.63. The number of allylic oxidation sites excluding steroid dienone is 4. The highest BCUT2D eigenvalue weighted by atomic mass is 16.1. The third-order valence-electron chi connectivity index (χ3n) is 4.66. The molecule has 86 valence electrons. The average molecular weight is 216 g/mol. The van der Waals surface area contributed by atoms with Gasteiger partial charge in [0.2, 0.25) is 0 Å². The maximum atomic E-state index is 12.4. The van der Waals surface area contributed by atoms with E-state index in [1.807, 2.05) is 0 Å². The molecule has 2 saturated carbocycles. The predicted octanol–water partition coefficient (Wildman–Crippen LogP) is 3.66. The number of Topliss-reactive ketones (excluding diaryl/α,β-unsaturated/α-hetero) is 1. The van der Waals surface area contributed by atoms with Crippen molar-refractivity contribution in [3.63, 3.8) is 0 Å². The van der Waals surface area contributed by atoms with Gasteiger partial charge in [-0.25, -0.2) is 0 Å². The van der Waals surface area contributed by atoms with Crippen molar-refractivity contribution in [3.8, 4) is 0 Å². The minimum atomic E-state index is 0.377. The van der Waals surface area contributed by atoms with Crippen molar-refractivity contribution in [3.05, 3.63) is 23.3 Å². The Labute approximate surface area is 97.6 Å². The van der Waals surface area contributed by atoms with Crippen LogP contribution in [-0.4, -0.2) is 5.78 Å². The van der Waals surface area contributed by atoms with E-state index in [-0.39, 0.29) is 0 Å². The third kappa shape index (κ3) is 1.57. The molecule has 0 saturated heterocycles. The summed E-state index contributed by atoms with van der Waals surface area (Å²) in [6.45, 7) is 2.11. The Balaban J connectivity index is 1.90. The second-order valence-electron chi connectivity index (χ2n) is 5.73. The molecule has 0 spiro atoms. The van der Waals surface area contributed by atoms with Gasteiger partial charge in [-0.3, -0.25) is 4.79 Å². The Hall–Kier alpha value is -0.850. The van der Waals surface area contributed by atoms with Gasteiger partial charge in [-0.2, -0.15) is 0 Å². The number of hydrogen-bond donors (Lipinski definition) is 0. The minimum Gasteiger partial charge on any atom is -0.294 e. The summed E-state index contributed by atoms with van der Waals surface area (Å²) in [4.78, 5) is 12.4. The lowest BCUT2D eigenvalue weighted by Crippen LogP contribution is -2.37. The van der Waals surface area contributed by atoms with Gasteiger partial charge in [0.25, 0.3) is 0 Å². The fraction of sp³-hybridized carbons (Fsp3) is 0.667. The van der Waals surface area contributed by atoms with Gasteiger partial charge in [0.05, 0.1) is 0 Å². The minimum absolute atomic E-state index is 0.377. The van der Waals surface area contributed by atoms with Crippen molar-refractivity contribution in [2.24, 2.45) is 17.8 Å². The maximum Gasteiger partial charge on any atom is 0.162 e. The van der Waals surface area contributed by atoms with Crippen molar-refractivity contribution in [1.82, 2.24) is 0 Å². The molecule has 3 aliphatic rings. The lowest BCUT2D eigenvalue weighted by Gasteiger charge is -2.40. The number of rotatable bonds is 0. The summed E-state index contributed by atoms with van der Waals surface area (Å²) in [5, 5.41) is 0. The first-order valence-electron chi connectivity index (χ1n) is 6.68. The van der Waals surface area contributed by atoms with Crippen LogP contribution < -0.4 is 0 Å². The second kappa shape index (κ2) is 3.87. The van der Waals surface area contributed by atoms with E-state index in [2.05, 4.69) is 19.1 Å². The summed E-state index contributed by atoms with van der Waals surface area (Å²) >= 11 is 0. The molecule has 3 atom stereocenters. The molecule has 0 aromatic rings. The molecule has 1 heteroatoms. The van der Waals surface area contributed by atoms with Crippen LogP contribution in [-0.2, 0) is 4.79 Å². The molecule has 2 fully saturated rings. The summed E-state index contributed by atoms with van der Waals surface area (Å²) in [5.41, 5.74) is 2.44. The van der Waals surface area contributed by atoms with Crippen LogP contribution in [0.2, 0.25) is 0 Å². The van der Waals surface area contributed by atoms with Crippen LogP contribution in [0.1, 0.15) is 45.4 Å². The molecule has 3 rings (SSSR count). The first-order valence-corrected chi connectivity index (χ1v) is 6.68. The van der Waals surface area contributed by atoms with Crippen LogP contribution in [0.5, 0.6) is 0 Å². The highest BCUT2D eigenvalue weighted by molar-refractivity contribution is 5.99. The molecule has 0 aromatic heterocycles. The zero-order chi connectivity index (χ0) is 11.1. The Morgan fingerprint density at radius 3 is 2.94 bits per heavy atom. The lowest BCUT2D eigenvalue weighted by molar-refractivity contribution is -0.124. The van der Waals surface area contributed by atoms with E-state index in [1.165, 1.54) is 31.3 Å². The Morgan fingerprint density at radius 2 is 2.06 bits per heavy atom. The molecule has 3 aliphatic carbocycles. The first kappa shape index (κ1) is 10.3. The molecule has 0 aromatic carbocycles. The van der Waals surface area contributed by atoms with Crippen LogP contribution in [0.3, 0.4) is 0 Å². The van der Waals surface area contributed by atoms with E-state index in [9.17, 15) is 4.79 Å². The molecule has 0 N–H and O–H groups in total. The highest BCUT2D eigenvalue weighted by Crippen LogP contribution is 2.45. The summed E-state index contributed by atoms with van der Waals surface area (Å²) in [6, 6.07) is 0. The van der Waals surface area contributed by atoms with Crippen molar-refractivity contribution in [1.29, 1.82) is 0 Å². The molecule has 0 amide bonds. The largest absolute Gasteiger partial charge is 0.294 e. The quantitative estimate of drug-likeness (QED) is 0.604. The Bertz CT molecular complexity index is 375. The molecule has 0 bridgehead atoms. The van der Waals surface area contributed by atoms with Crippen molar-refractivity contribution in [2.75, 3.05) is 0 Å². The molecule has 16 heavy (non-hydrogen) atoms. The van der Waals surface area contributed by atoms with Gasteiger partial charge in [0.1, 0.15) is 0 Å². The summed E-state index contributed by atoms with van der Waals surface area (Å²) in [7, 11) is 0. The fourth-order valence-corrected chi connectivity index (χ4v) is 3.79. The fourth-order valence-electron chi connectivity index (χ4n) is 3.79. The van der Waals surface area contributed by atoms with E-state index in [4.69, 9.17) is 0 Å². The SMILES string of the molecule is CC1=CCC2CC3CCCCC3C(=O)C2=C1. The van der Waals surface area contributed by atoms with Gasteiger partial charge in [-0.05, 0) is 50.0 Å². The van der Waals surface area contributed by atoms with Crippen molar-refractivity contribution < 1.29 is 4.79 Å². The topological polar surface area (TPSA) is 17.1 Å². The normalized spacial score (nSPS) is 38.3. The first-order chi connectivity index (χ1) is 7.75. The van der Waals surface area contributed by atoms with Gasteiger partial charge in [-0.15, -0.1) is 0 Å². The molecular formula is C15H20O. The maximum absolute atomic E-state index is 12.4. The second-order valence-corrected chi connectivity index (χ2v) is 5.73. The zero-order valence-corrected chi connectivity index (χ0v) is 10.0. The molecule has 1 nitrogen and oxygen atoms in total. The van der Waals surface area contributed by atoms with Gasteiger partial charge in [0.15, 0.2) is 5.78 Å². The molecule has 0 radical (unpaired) electrons. The van der Waals surface area contributed by atoms with E-state index < -0.39 is 0 Å². The predicted molar refractivity (Wildman–Crippen MR) is 65.0 cm³/mol. The zero-order valence-electron chi connectivity index (χ0n) is 10.0. The van der Waals surface area contributed by atoms with E-state index in [0.717, 1.165) is 18.4 Å². The van der Waals surface area contributed by atoms with Gasteiger partial charge in [0, 0.05) is 5.92 Å². The Kier molecular flexibility index (Phi) is 2.49. The molecule has 3 unspecified atom stereocenters. The Morgan fingerprint density at radius 1 is 1.25 bits per heavy atom.